The number of hydrogen-bond acceptors (Lipinski definition) is 5. The Hall–Kier alpha value is -0.660. The highest BCUT2D eigenvalue weighted by molar-refractivity contribution is 8.13. The van der Waals surface area contributed by atoms with Crippen LogP contribution in [0.2, 0.25) is 0 Å². The fourth-order valence-electron chi connectivity index (χ4n) is 3.58. The van der Waals surface area contributed by atoms with Crippen LogP contribution in [0.15, 0.2) is 29.2 Å². The molecule has 1 rings (SSSR count). The normalized spacial score (nSPS) is 13.6. The maximum atomic E-state index is 11.4. The lowest BCUT2D eigenvalue weighted by Gasteiger charge is -2.36. The highest BCUT2D eigenvalue weighted by Gasteiger charge is 2.39. The van der Waals surface area contributed by atoms with Gasteiger partial charge in [0.1, 0.15) is 0 Å². The van der Waals surface area contributed by atoms with Gasteiger partial charge in [0.15, 0.2) is 0 Å². The lowest BCUT2D eigenvalue weighted by molar-refractivity contribution is -0.380. The van der Waals surface area contributed by atoms with E-state index in [-0.39, 0.29) is 10.8 Å². The molecule has 162 valence electrons. The Kier molecular flexibility index (Phi) is 11.6. The monoisotopic (exact) mass is 434 g/mol. The minimum atomic E-state index is -3.70. The zero-order valence-corrected chi connectivity index (χ0v) is 19.2. The van der Waals surface area contributed by atoms with E-state index in [0.29, 0.717) is 0 Å². The van der Waals surface area contributed by atoms with E-state index in [1.165, 1.54) is 44.2 Å². The maximum absolute atomic E-state index is 11.4. The van der Waals surface area contributed by atoms with Gasteiger partial charge in [-0.05, 0) is 37.0 Å². The predicted molar refractivity (Wildman–Crippen MR) is 113 cm³/mol. The molecular weight excluding hydrogens is 400 g/mol. The molecule has 0 heterocycles. The zero-order chi connectivity index (χ0) is 21.0. The molecule has 0 bridgehead atoms. The number of hydrogen-bond donors (Lipinski definition) is 0. The first-order valence-electron chi connectivity index (χ1n) is 10.0. The molecule has 5 nitrogen and oxygen atoms in total. The molecule has 1 unspecified atom stereocenters. The molecule has 1 atom stereocenters. The van der Waals surface area contributed by atoms with Crippen LogP contribution in [0.5, 0.6) is 0 Å². The number of aryl methyl sites for hydroxylation is 1. The molecule has 0 radical (unpaired) electrons. The average Bonchev–Trinajstić information content (AvgIpc) is 2.69. The molecule has 0 fully saturated rings. The van der Waals surface area contributed by atoms with Crippen LogP contribution in [-0.4, -0.2) is 35.7 Å². The quantitative estimate of drug-likeness (QED) is 0.207. The summed E-state index contributed by atoms with van der Waals surface area (Å²) < 4.78 is 39.6. The van der Waals surface area contributed by atoms with Crippen molar-refractivity contribution in [3.63, 3.8) is 0 Å². The molecule has 0 spiro atoms. The van der Waals surface area contributed by atoms with Crippen LogP contribution in [-0.2, 0) is 29.7 Å². The van der Waals surface area contributed by atoms with Gasteiger partial charge in [-0.1, -0.05) is 57.6 Å². The van der Waals surface area contributed by atoms with Crippen LogP contribution in [0, 0.1) is 5.92 Å². The van der Waals surface area contributed by atoms with Crippen molar-refractivity contribution >= 4 is 19.7 Å². The standard InChI is InChI=1S/C21H35ClO5S/c1-5-6-7-8-9-10-11-19(21(25-2,26-3)27-4)15-12-18-13-16-20(17-14-18)28(22,23)24/h13-14,16-17,19H,5-12,15H2,1-4H3. The zero-order valence-electron chi connectivity index (χ0n) is 17.6. The topological polar surface area (TPSA) is 61.8 Å². The highest BCUT2D eigenvalue weighted by atomic mass is 35.7. The first-order valence-corrected chi connectivity index (χ1v) is 12.3. The molecule has 0 aliphatic carbocycles. The summed E-state index contributed by atoms with van der Waals surface area (Å²) in [5.41, 5.74) is 1.04. The molecule has 0 amide bonds. The summed E-state index contributed by atoms with van der Waals surface area (Å²) in [5, 5.41) is 0. The van der Waals surface area contributed by atoms with Gasteiger partial charge in [0.05, 0.1) is 4.90 Å². The molecule has 28 heavy (non-hydrogen) atoms. The van der Waals surface area contributed by atoms with Gasteiger partial charge in [0.25, 0.3) is 15.0 Å². The third kappa shape index (κ3) is 7.99. The number of methoxy groups -OCH3 is 3. The Labute approximate surface area is 175 Å². The lowest BCUT2D eigenvalue weighted by Crippen LogP contribution is -2.44. The number of ether oxygens (including phenoxy) is 3. The summed E-state index contributed by atoms with van der Waals surface area (Å²) in [6, 6.07) is 6.67. The van der Waals surface area contributed by atoms with Crippen molar-refractivity contribution in [2.45, 2.75) is 75.6 Å². The Morgan fingerprint density at radius 1 is 0.893 bits per heavy atom. The van der Waals surface area contributed by atoms with E-state index < -0.39 is 15.0 Å². The van der Waals surface area contributed by atoms with Crippen LogP contribution >= 0.6 is 10.7 Å². The molecular formula is C21H35ClO5S. The number of halogens is 1. The van der Waals surface area contributed by atoms with Crippen molar-refractivity contribution in [3.05, 3.63) is 29.8 Å². The van der Waals surface area contributed by atoms with Crippen LogP contribution in [0.25, 0.3) is 0 Å². The van der Waals surface area contributed by atoms with E-state index in [4.69, 9.17) is 24.9 Å². The van der Waals surface area contributed by atoms with Crippen molar-refractivity contribution in [1.29, 1.82) is 0 Å². The van der Waals surface area contributed by atoms with E-state index >= 15 is 0 Å². The first kappa shape index (κ1) is 25.4. The van der Waals surface area contributed by atoms with Gasteiger partial charge in [-0.15, -0.1) is 0 Å². The van der Waals surface area contributed by atoms with Crippen molar-refractivity contribution in [2.75, 3.05) is 21.3 Å². The highest BCUT2D eigenvalue weighted by Crippen LogP contribution is 2.32. The molecule has 0 saturated heterocycles. The van der Waals surface area contributed by atoms with E-state index in [2.05, 4.69) is 6.92 Å². The summed E-state index contributed by atoms with van der Waals surface area (Å²) in [5.74, 6) is -1.00. The average molecular weight is 435 g/mol. The first-order chi connectivity index (χ1) is 13.3. The van der Waals surface area contributed by atoms with Gasteiger partial charge in [0, 0.05) is 37.9 Å². The summed E-state index contributed by atoms with van der Waals surface area (Å²) in [4.78, 5) is 0.113. The van der Waals surface area contributed by atoms with Crippen molar-refractivity contribution in [1.82, 2.24) is 0 Å². The Balaban J connectivity index is 2.73. The van der Waals surface area contributed by atoms with Gasteiger partial charge in [-0.3, -0.25) is 0 Å². The molecule has 0 N–H and O–H groups in total. The second-order valence-corrected chi connectivity index (χ2v) is 9.66. The lowest BCUT2D eigenvalue weighted by atomic mass is 9.91. The smallest absolute Gasteiger partial charge is 0.285 e. The predicted octanol–water partition coefficient (Wildman–Crippen LogP) is 5.51. The molecule has 0 aromatic heterocycles. The Morgan fingerprint density at radius 3 is 1.93 bits per heavy atom. The third-order valence-corrected chi connectivity index (χ3v) is 6.62. The molecule has 0 aliphatic rings. The molecule has 0 aliphatic heterocycles. The van der Waals surface area contributed by atoms with Crippen molar-refractivity contribution < 1.29 is 22.6 Å². The Morgan fingerprint density at radius 2 is 1.43 bits per heavy atom. The van der Waals surface area contributed by atoms with Crippen LogP contribution in [0.4, 0.5) is 0 Å². The van der Waals surface area contributed by atoms with Gasteiger partial charge >= 0.3 is 0 Å². The van der Waals surface area contributed by atoms with Crippen LogP contribution in [0.3, 0.4) is 0 Å². The van der Waals surface area contributed by atoms with E-state index in [9.17, 15) is 8.42 Å². The van der Waals surface area contributed by atoms with E-state index in [0.717, 1.165) is 31.2 Å². The van der Waals surface area contributed by atoms with Crippen LogP contribution in [0.1, 0.15) is 63.9 Å². The SMILES string of the molecule is CCCCCCCCC(CCc1ccc(S(=O)(=O)Cl)cc1)C(OC)(OC)OC. The fourth-order valence-corrected chi connectivity index (χ4v) is 4.35. The number of unbranched alkanes of at least 4 members (excludes halogenated alkanes) is 5. The van der Waals surface area contributed by atoms with Gasteiger partial charge in [-0.2, -0.15) is 0 Å². The van der Waals surface area contributed by atoms with Crippen molar-refractivity contribution in [2.24, 2.45) is 5.92 Å². The van der Waals surface area contributed by atoms with Crippen LogP contribution < -0.4 is 0 Å². The summed E-state index contributed by atoms with van der Waals surface area (Å²) in [6.07, 6.45) is 9.84. The molecule has 0 saturated carbocycles. The second-order valence-electron chi connectivity index (χ2n) is 7.09. The van der Waals surface area contributed by atoms with Gasteiger partial charge in [-0.25, -0.2) is 8.42 Å². The minimum Gasteiger partial charge on any atom is -0.331 e. The molecule has 1 aromatic rings. The summed E-state index contributed by atoms with van der Waals surface area (Å²) >= 11 is 0. The summed E-state index contributed by atoms with van der Waals surface area (Å²) in [7, 11) is 6.48. The fraction of sp³-hybridized carbons (Fsp3) is 0.714. The molecule has 7 heteroatoms. The maximum Gasteiger partial charge on any atom is 0.285 e. The minimum absolute atomic E-state index is 0.0649. The second kappa shape index (κ2) is 12.8. The summed E-state index contributed by atoms with van der Waals surface area (Å²) in [6.45, 7) is 2.22. The number of rotatable bonds is 15. The third-order valence-electron chi connectivity index (χ3n) is 5.25. The van der Waals surface area contributed by atoms with Gasteiger partial charge < -0.3 is 14.2 Å². The van der Waals surface area contributed by atoms with E-state index in [1.54, 1.807) is 33.5 Å². The Bertz CT molecular complexity index is 633. The van der Waals surface area contributed by atoms with Gasteiger partial charge in [0.2, 0.25) is 0 Å². The van der Waals surface area contributed by atoms with E-state index in [1.807, 2.05) is 0 Å². The largest absolute Gasteiger partial charge is 0.331 e. The van der Waals surface area contributed by atoms with Crippen molar-refractivity contribution in [3.8, 4) is 0 Å². The number of benzene rings is 1. The molecule has 1 aromatic carbocycles.